The number of hydrogen-bond donors (Lipinski definition) is 2. The van der Waals surface area contributed by atoms with Crippen molar-refractivity contribution in [2.45, 2.75) is 18.3 Å². The number of hydrogen-bond acceptors (Lipinski definition) is 5. The van der Waals surface area contributed by atoms with Crippen LogP contribution < -0.4 is 0 Å². The molecular weight excluding hydrogens is 180 g/mol. The summed E-state index contributed by atoms with van der Waals surface area (Å²) in [6, 6.07) is 0. The highest BCUT2D eigenvalue weighted by Gasteiger charge is 2.36. The van der Waals surface area contributed by atoms with Crippen LogP contribution in [-0.4, -0.2) is 53.9 Å². The standard InChI is InChI=1S/C7H14O4S/c1-12-4-11-7-5(9)3-10-6(7)2-8/h5-9H,2-4H2,1H3/t5-,6-,7+/m1/s1. The third-order valence-electron chi connectivity index (χ3n) is 1.79. The minimum atomic E-state index is -0.603. The van der Waals surface area contributed by atoms with Gasteiger partial charge in [0.1, 0.15) is 18.3 Å². The summed E-state index contributed by atoms with van der Waals surface area (Å²) < 4.78 is 10.4. The lowest BCUT2D eigenvalue weighted by molar-refractivity contribution is -0.0361. The van der Waals surface area contributed by atoms with Crippen molar-refractivity contribution >= 4 is 11.8 Å². The first-order valence-corrected chi connectivity index (χ1v) is 5.20. The Balaban J connectivity index is 2.35. The highest BCUT2D eigenvalue weighted by Crippen LogP contribution is 2.18. The third-order valence-corrected chi connectivity index (χ3v) is 2.16. The van der Waals surface area contributed by atoms with Crippen LogP contribution in [0.4, 0.5) is 0 Å². The van der Waals surface area contributed by atoms with Gasteiger partial charge >= 0.3 is 0 Å². The highest BCUT2D eigenvalue weighted by molar-refractivity contribution is 7.98. The van der Waals surface area contributed by atoms with Gasteiger partial charge in [-0.1, -0.05) is 0 Å². The molecule has 0 radical (unpaired) electrons. The second-order valence-electron chi connectivity index (χ2n) is 2.66. The van der Waals surface area contributed by atoms with Crippen LogP contribution in [0.1, 0.15) is 0 Å². The second kappa shape index (κ2) is 5.04. The SMILES string of the molecule is CSCO[C@H]1[C@H](O)CO[C@@H]1CO. The topological polar surface area (TPSA) is 58.9 Å². The van der Waals surface area contributed by atoms with Crippen molar-refractivity contribution in [2.75, 3.05) is 25.4 Å². The molecule has 0 spiro atoms. The van der Waals surface area contributed by atoms with Gasteiger partial charge in [-0.25, -0.2) is 0 Å². The maximum atomic E-state index is 9.35. The van der Waals surface area contributed by atoms with Crippen LogP contribution >= 0.6 is 11.8 Å². The monoisotopic (exact) mass is 194 g/mol. The zero-order valence-corrected chi connectivity index (χ0v) is 7.79. The fourth-order valence-electron chi connectivity index (χ4n) is 1.18. The Bertz CT molecular complexity index is 133. The molecule has 3 atom stereocenters. The average Bonchev–Trinajstić information content (AvgIpc) is 2.43. The molecular formula is C7H14O4S. The molecule has 1 saturated heterocycles. The molecule has 5 heteroatoms. The van der Waals surface area contributed by atoms with Gasteiger partial charge in [-0.2, -0.15) is 0 Å². The van der Waals surface area contributed by atoms with Gasteiger partial charge in [0.15, 0.2) is 0 Å². The van der Waals surface area contributed by atoms with Crippen molar-refractivity contribution in [3.63, 3.8) is 0 Å². The van der Waals surface area contributed by atoms with Gasteiger partial charge in [0.05, 0.1) is 19.2 Å². The lowest BCUT2D eigenvalue weighted by Gasteiger charge is -2.18. The molecule has 1 aliphatic rings. The molecule has 0 unspecified atom stereocenters. The summed E-state index contributed by atoms with van der Waals surface area (Å²) in [6.45, 7) is 0.153. The van der Waals surface area contributed by atoms with Crippen LogP contribution in [0.25, 0.3) is 0 Å². The molecule has 1 rings (SSSR count). The van der Waals surface area contributed by atoms with Crippen molar-refractivity contribution in [1.29, 1.82) is 0 Å². The first-order valence-electron chi connectivity index (χ1n) is 3.80. The summed E-state index contributed by atoms with van der Waals surface area (Å²) in [5.74, 6) is 0.515. The number of aliphatic hydroxyl groups excluding tert-OH is 2. The largest absolute Gasteiger partial charge is 0.394 e. The van der Waals surface area contributed by atoms with Gasteiger partial charge in [0.2, 0.25) is 0 Å². The van der Waals surface area contributed by atoms with E-state index in [0.717, 1.165) is 0 Å². The Kier molecular flexibility index (Phi) is 4.31. The summed E-state index contributed by atoms with van der Waals surface area (Å²) in [5, 5.41) is 18.2. The number of ether oxygens (including phenoxy) is 2. The zero-order valence-electron chi connectivity index (χ0n) is 6.97. The van der Waals surface area contributed by atoms with Crippen LogP contribution in [0.3, 0.4) is 0 Å². The van der Waals surface area contributed by atoms with Gasteiger partial charge in [0.25, 0.3) is 0 Å². The minimum Gasteiger partial charge on any atom is -0.394 e. The predicted octanol–water partition coefficient (Wildman–Crippen LogP) is -0.556. The summed E-state index contributed by atoms with van der Waals surface area (Å²) in [4.78, 5) is 0. The van der Waals surface area contributed by atoms with Crippen LogP contribution in [0.5, 0.6) is 0 Å². The van der Waals surface area contributed by atoms with Crippen LogP contribution in [0.2, 0.25) is 0 Å². The smallest absolute Gasteiger partial charge is 0.115 e. The Morgan fingerprint density at radius 1 is 1.67 bits per heavy atom. The van der Waals surface area contributed by atoms with E-state index in [0.29, 0.717) is 5.94 Å². The summed E-state index contributed by atoms with van der Waals surface area (Å²) in [6.07, 6.45) is 0.569. The summed E-state index contributed by atoms with van der Waals surface area (Å²) in [7, 11) is 0. The molecule has 1 heterocycles. The van der Waals surface area contributed by atoms with Crippen molar-refractivity contribution in [1.82, 2.24) is 0 Å². The maximum absolute atomic E-state index is 9.35. The fourth-order valence-corrected chi connectivity index (χ4v) is 1.47. The van der Waals surface area contributed by atoms with E-state index in [1.807, 2.05) is 6.26 Å². The van der Waals surface area contributed by atoms with Crippen molar-refractivity contribution in [3.8, 4) is 0 Å². The van der Waals surface area contributed by atoms with E-state index in [9.17, 15) is 5.11 Å². The number of aliphatic hydroxyl groups is 2. The molecule has 0 saturated carbocycles. The molecule has 1 fully saturated rings. The third kappa shape index (κ3) is 2.34. The molecule has 0 aromatic carbocycles. The maximum Gasteiger partial charge on any atom is 0.115 e. The molecule has 0 aromatic rings. The van der Waals surface area contributed by atoms with Gasteiger partial charge in [-0.05, 0) is 6.26 Å². The number of thioether (sulfide) groups is 1. The molecule has 12 heavy (non-hydrogen) atoms. The molecule has 4 nitrogen and oxygen atoms in total. The van der Waals surface area contributed by atoms with E-state index in [4.69, 9.17) is 14.6 Å². The summed E-state index contributed by atoms with van der Waals surface area (Å²) in [5.41, 5.74) is 0. The molecule has 0 aromatic heterocycles. The first-order chi connectivity index (χ1) is 5.79. The van der Waals surface area contributed by atoms with Gasteiger partial charge in [-0.15, -0.1) is 11.8 Å². The first kappa shape index (κ1) is 10.3. The molecule has 0 amide bonds. The molecule has 1 aliphatic heterocycles. The quantitative estimate of drug-likeness (QED) is 0.588. The van der Waals surface area contributed by atoms with E-state index in [1.165, 1.54) is 11.8 Å². The lowest BCUT2D eigenvalue weighted by Crippen LogP contribution is -2.35. The Morgan fingerprint density at radius 2 is 2.42 bits per heavy atom. The predicted molar refractivity (Wildman–Crippen MR) is 46.1 cm³/mol. The Morgan fingerprint density at radius 3 is 3.00 bits per heavy atom. The fraction of sp³-hybridized carbons (Fsp3) is 1.00. The van der Waals surface area contributed by atoms with Gasteiger partial charge < -0.3 is 19.7 Å². The normalized spacial score (nSPS) is 35.8. The van der Waals surface area contributed by atoms with Gasteiger partial charge in [-0.3, -0.25) is 0 Å². The van der Waals surface area contributed by atoms with Crippen LogP contribution in [0.15, 0.2) is 0 Å². The molecule has 2 N–H and O–H groups in total. The number of rotatable bonds is 4. The van der Waals surface area contributed by atoms with E-state index in [2.05, 4.69) is 0 Å². The Hall–Kier alpha value is 0.190. The average molecular weight is 194 g/mol. The zero-order chi connectivity index (χ0) is 8.97. The second-order valence-corrected chi connectivity index (χ2v) is 3.47. The van der Waals surface area contributed by atoms with E-state index >= 15 is 0 Å². The lowest BCUT2D eigenvalue weighted by atomic mass is 10.1. The van der Waals surface area contributed by atoms with Crippen molar-refractivity contribution in [3.05, 3.63) is 0 Å². The van der Waals surface area contributed by atoms with Crippen LogP contribution in [0, 0.1) is 0 Å². The molecule has 0 aliphatic carbocycles. The van der Waals surface area contributed by atoms with Crippen molar-refractivity contribution in [2.24, 2.45) is 0 Å². The van der Waals surface area contributed by atoms with Crippen LogP contribution in [-0.2, 0) is 9.47 Å². The van der Waals surface area contributed by atoms with E-state index in [-0.39, 0.29) is 25.4 Å². The Labute approximate surface area is 75.9 Å². The minimum absolute atomic E-state index is 0.101. The molecule has 72 valence electrons. The summed E-state index contributed by atoms with van der Waals surface area (Å²) >= 11 is 1.53. The van der Waals surface area contributed by atoms with E-state index < -0.39 is 6.10 Å². The van der Waals surface area contributed by atoms with Gasteiger partial charge in [0, 0.05) is 0 Å². The van der Waals surface area contributed by atoms with Crippen molar-refractivity contribution < 1.29 is 19.7 Å². The molecule has 0 bridgehead atoms. The van der Waals surface area contributed by atoms with E-state index in [1.54, 1.807) is 0 Å². The highest BCUT2D eigenvalue weighted by atomic mass is 32.2.